The van der Waals surface area contributed by atoms with Crippen LogP contribution in [-0.2, 0) is 22.6 Å². The summed E-state index contributed by atoms with van der Waals surface area (Å²) >= 11 is 3.54. The molecule has 190 valence electrons. The molecule has 0 aliphatic carbocycles. The summed E-state index contributed by atoms with van der Waals surface area (Å²) in [5.74, 6) is -0.336. The molecule has 0 unspecified atom stereocenters. The van der Waals surface area contributed by atoms with Crippen LogP contribution in [0.25, 0.3) is 0 Å². The zero-order chi connectivity index (χ0) is 26.1. The number of rotatable bonds is 11. The molecule has 7 heteroatoms. The molecular weight excluding hydrogens is 523 g/mol. The lowest BCUT2D eigenvalue weighted by Gasteiger charge is -2.31. The summed E-state index contributed by atoms with van der Waals surface area (Å²) in [5.41, 5.74) is 3.66. The quantitative estimate of drug-likeness (QED) is 0.328. The van der Waals surface area contributed by atoms with Gasteiger partial charge >= 0.3 is 0 Å². The number of amides is 2. The number of aryl methyl sites for hydroxylation is 2. The SMILES string of the molecule is CCCNC(=O)[C@H](Cc1ccccc1)N(Cc1ccc(F)cc1)C(=O)COc1cc(C)c(Br)c(C)c1. The molecule has 0 fully saturated rings. The van der Waals surface area contributed by atoms with E-state index in [1.807, 2.05) is 63.2 Å². The third-order valence-electron chi connectivity index (χ3n) is 5.86. The minimum Gasteiger partial charge on any atom is -0.484 e. The van der Waals surface area contributed by atoms with E-state index in [-0.39, 0.29) is 30.8 Å². The summed E-state index contributed by atoms with van der Waals surface area (Å²) < 4.78 is 20.4. The Kier molecular flexibility index (Phi) is 10.1. The number of carbonyl (C=O) groups is 2. The average molecular weight is 555 g/mol. The summed E-state index contributed by atoms with van der Waals surface area (Å²) in [7, 11) is 0. The van der Waals surface area contributed by atoms with Crippen LogP contribution in [0.15, 0.2) is 71.2 Å². The van der Waals surface area contributed by atoms with Crippen LogP contribution in [0.1, 0.15) is 35.6 Å². The molecule has 0 aliphatic rings. The number of benzene rings is 3. The molecule has 0 bridgehead atoms. The maximum atomic E-state index is 13.6. The largest absolute Gasteiger partial charge is 0.484 e. The van der Waals surface area contributed by atoms with E-state index in [1.165, 1.54) is 17.0 Å². The number of hydrogen-bond acceptors (Lipinski definition) is 3. The van der Waals surface area contributed by atoms with Gasteiger partial charge in [0.1, 0.15) is 17.6 Å². The molecule has 0 radical (unpaired) electrons. The van der Waals surface area contributed by atoms with Gasteiger partial charge in [-0.15, -0.1) is 0 Å². The highest BCUT2D eigenvalue weighted by Gasteiger charge is 2.30. The van der Waals surface area contributed by atoms with Gasteiger partial charge in [-0.25, -0.2) is 4.39 Å². The minimum absolute atomic E-state index is 0.151. The molecular formula is C29H32BrFN2O3. The smallest absolute Gasteiger partial charge is 0.261 e. The second-order valence-corrected chi connectivity index (χ2v) is 9.60. The normalized spacial score (nSPS) is 11.6. The molecule has 3 rings (SSSR count). The van der Waals surface area contributed by atoms with E-state index in [0.29, 0.717) is 18.7 Å². The molecule has 0 heterocycles. The van der Waals surface area contributed by atoms with Crippen molar-refractivity contribution in [2.24, 2.45) is 0 Å². The van der Waals surface area contributed by atoms with Crippen LogP contribution in [0, 0.1) is 19.7 Å². The van der Waals surface area contributed by atoms with Gasteiger partial charge in [-0.1, -0.05) is 65.3 Å². The molecule has 0 aliphatic heterocycles. The van der Waals surface area contributed by atoms with E-state index < -0.39 is 6.04 Å². The monoisotopic (exact) mass is 554 g/mol. The van der Waals surface area contributed by atoms with Crippen LogP contribution in [0.2, 0.25) is 0 Å². The van der Waals surface area contributed by atoms with Crippen molar-refractivity contribution in [3.05, 3.63) is 99.3 Å². The van der Waals surface area contributed by atoms with Gasteiger partial charge < -0.3 is 15.0 Å². The maximum Gasteiger partial charge on any atom is 0.261 e. The van der Waals surface area contributed by atoms with Crippen molar-refractivity contribution in [3.63, 3.8) is 0 Å². The van der Waals surface area contributed by atoms with Crippen molar-refractivity contribution < 1.29 is 18.7 Å². The second-order valence-electron chi connectivity index (χ2n) is 8.80. The minimum atomic E-state index is -0.756. The van der Waals surface area contributed by atoms with Gasteiger partial charge in [0, 0.05) is 24.0 Å². The van der Waals surface area contributed by atoms with Crippen LogP contribution in [0.3, 0.4) is 0 Å². The van der Waals surface area contributed by atoms with Crippen LogP contribution >= 0.6 is 15.9 Å². The summed E-state index contributed by atoms with van der Waals surface area (Å²) in [6.45, 7) is 6.33. The Morgan fingerprint density at radius 3 is 2.25 bits per heavy atom. The Morgan fingerprint density at radius 1 is 1.00 bits per heavy atom. The lowest BCUT2D eigenvalue weighted by Crippen LogP contribution is -2.51. The van der Waals surface area contributed by atoms with E-state index in [0.717, 1.165) is 33.1 Å². The first-order valence-electron chi connectivity index (χ1n) is 12.0. The summed E-state index contributed by atoms with van der Waals surface area (Å²) in [6.07, 6.45) is 1.13. The van der Waals surface area contributed by atoms with E-state index in [2.05, 4.69) is 21.2 Å². The van der Waals surface area contributed by atoms with Crippen molar-refractivity contribution in [3.8, 4) is 5.75 Å². The first-order chi connectivity index (χ1) is 17.3. The van der Waals surface area contributed by atoms with E-state index in [4.69, 9.17) is 4.74 Å². The Labute approximate surface area is 220 Å². The van der Waals surface area contributed by atoms with E-state index >= 15 is 0 Å². The molecule has 0 saturated carbocycles. The fraction of sp³-hybridized carbons (Fsp3) is 0.310. The van der Waals surface area contributed by atoms with Crippen molar-refractivity contribution in [1.82, 2.24) is 10.2 Å². The average Bonchev–Trinajstić information content (AvgIpc) is 2.88. The number of nitrogens with one attached hydrogen (secondary N) is 1. The highest BCUT2D eigenvalue weighted by Crippen LogP contribution is 2.26. The second kappa shape index (κ2) is 13.2. The topological polar surface area (TPSA) is 58.6 Å². The van der Waals surface area contributed by atoms with E-state index in [9.17, 15) is 14.0 Å². The Morgan fingerprint density at radius 2 is 1.64 bits per heavy atom. The molecule has 0 spiro atoms. The highest BCUT2D eigenvalue weighted by atomic mass is 79.9. The maximum absolute atomic E-state index is 13.6. The zero-order valence-corrected chi connectivity index (χ0v) is 22.5. The fourth-order valence-electron chi connectivity index (χ4n) is 3.92. The summed E-state index contributed by atoms with van der Waals surface area (Å²) in [4.78, 5) is 28.4. The summed E-state index contributed by atoms with van der Waals surface area (Å²) in [5, 5.41) is 2.94. The lowest BCUT2D eigenvalue weighted by molar-refractivity contribution is -0.142. The predicted octanol–water partition coefficient (Wildman–Crippen LogP) is 5.75. The molecule has 2 amide bonds. The van der Waals surface area contributed by atoms with Gasteiger partial charge in [-0.2, -0.15) is 0 Å². The molecule has 36 heavy (non-hydrogen) atoms. The fourth-order valence-corrected chi connectivity index (χ4v) is 4.15. The zero-order valence-electron chi connectivity index (χ0n) is 20.9. The van der Waals surface area contributed by atoms with Crippen molar-refractivity contribution >= 4 is 27.7 Å². The first-order valence-corrected chi connectivity index (χ1v) is 12.8. The van der Waals surface area contributed by atoms with Crippen molar-refractivity contribution in [1.29, 1.82) is 0 Å². The standard InChI is InChI=1S/C29H32BrFN2O3/c1-4-14-32-29(35)26(17-22-8-6-5-7-9-22)33(18-23-10-12-24(31)13-11-23)27(34)19-36-25-15-20(2)28(30)21(3)16-25/h5-13,15-16,26H,4,14,17-19H2,1-3H3,(H,32,35)/t26-/m0/s1. The third kappa shape index (κ3) is 7.65. The Hall–Kier alpha value is -3.19. The van der Waals surface area contributed by atoms with Gasteiger partial charge in [0.25, 0.3) is 5.91 Å². The van der Waals surface area contributed by atoms with Crippen molar-refractivity contribution in [2.75, 3.05) is 13.2 Å². The number of carbonyl (C=O) groups excluding carboxylic acids is 2. The highest BCUT2D eigenvalue weighted by molar-refractivity contribution is 9.10. The van der Waals surface area contributed by atoms with Gasteiger partial charge in [0.05, 0.1) is 0 Å². The van der Waals surface area contributed by atoms with Crippen LogP contribution in [0.4, 0.5) is 4.39 Å². The predicted molar refractivity (Wildman–Crippen MR) is 143 cm³/mol. The van der Waals surface area contributed by atoms with Gasteiger partial charge in [-0.05, 0) is 66.8 Å². The molecule has 3 aromatic rings. The number of nitrogens with zero attached hydrogens (tertiary/aromatic N) is 1. The molecule has 0 saturated heterocycles. The number of hydrogen-bond donors (Lipinski definition) is 1. The molecule has 1 atom stereocenters. The van der Waals surface area contributed by atoms with Crippen LogP contribution in [-0.4, -0.2) is 35.9 Å². The summed E-state index contributed by atoms with van der Waals surface area (Å²) in [6, 6.07) is 18.5. The van der Waals surface area contributed by atoms with Crippen LogP contribution in [0.5, 0.6) is 5.75 Å². The third-order valence-corrected chi connectivity index (χ3v) is 7.11. The number of halogens is 2. The first kappa shape index (κ1) is 27.4. The molecule has 3 aromatic carbocycles. The lowest BCUT2D eigenvalue weighted by atomic mass is 10.0. The Balaban J connectivity index is 1.90. The van der Waals surface area contributed by atoms with Gasteiger partial charge in [0.15, 0.2) is 6.61 Å². The van der Waals surface area contributed by atoms with E-state index in [1.54, 1.807) is 12.1 Å². The van der Waals surface area contributed by atoms with Gasteiger partial charge in [0.2, 0.25) is 5.91 Å². The van der Waals surface area contributed by atoms with Crippen LogP contribution < -0.4 is 10.1 Å². The molecule has 1 N–H and O–H groups in total. The van der Waals surface area contributed by atoms with Crippen molar-refractivity contribution in [2.45, 2.75) is 46.2 Å². The molecule has 5 nitrogen and oxygen atoms in total. The molecule has 0 aromatic heterocycles. The van der Waals surface area contributed by atoms with Gasteiger partial charge in [-0.3, -0.25) is 9.59 Å². The Bertz CT molecular complexity index is 1150. The number of ether oxygens (including phenoxy) is 1.